The molecule has 0 aromatic heterocycles. The highest BCUT2D eigenvalue weighted by atomic mass is 35.5. The molecule has 0 spiro atoms. The van der Waals surface area contributed by atoms with Gasteiger partial charge in [0.15, 0.2) is 0 Å². The molecule has 0 unspecified atom stereocenters. The van der Waals surface area contributed by atoms with Gasteiger partial charge in [0.1, 0.15) is 6.04 Å². The van der Waals surface area contributed by atoms with Gasteiger partial charge in [0, 0.05) is 5.02 Å². The molecular weight excluding hydrogens is 215 g/mol. The van der Waals surface area contributed by atoms with Gasteiger partial charge in [-0.2, -0.15) is 13.2 Å². The van der Waals surface area contributed by atoms with Crippen molar-refractivity contribution in [2.24, 2.45) is 5.73 Å². The van der Waals surface area contributed by atoms with Gasteiger partial charge in [-0.15, -0.1) is 0 Å². The zero-order valence-electron chi connectivity index (χ0n) is 7.40. The van der Waals surface area contributed by atoms with Crippen molar-refractivity contribution in [2.45, 2.75) is 19.1 Å². The van der Waals surface area contributed by atoms with Gasteiger partial charge in [-0.25, -0.2) is 0 Å². The van der Waals surface area contributed by atoms with Crippen molar-refractivity contribution in [3.63, 3.8) is 0 Å². The zero-order chi connectivity index (χ0) is 10.9. The van der Waals surface area contributed by atoms with Crippen molar-refractivity contribution in [1.29, 1.82) is 0 Å². The lowest BCUT2D eigenvalue weighted by Crippen LogP contribution is -2.29. The molecule has 1 rings (SSSR count). The molecule has 0 aliphatic carbocycles. The van der Waals surface area contributed by atoms with E-state index in [2.05, 4.69) is 0 Å². The van der Waals surface area contributed by atoms with Crippen LogP contribution in [0.3, 0.4) is 0 Å². The molecule has 1 nitrogen and oxygen atoms in total. The van der Waals surface area contributed by atoms with Gasteiger partial charge in [-0.05, 0) is 30.2 Å². The quantitative estimate of drug-likeness (QED) is 0.777. The Balaban J connectivity index is 3.08. The van der Waals surface area contributed by atoms with E-state index in [0.717, 1.165) is 0 Å². The van der Waals surface area contributed by atoms with Crippen LogP contribution in [0.15, 0.2) is 18.2 Å². The van der Waals surface area contributed by atoms with Crippen LogP contribution < -0.4 is 5.73 Å². The Morgan fingerprint density at radius 1 is 1.36 bits per heavy atom. The molecule has 0 aliphatic rings. The van der Waals surface area contributed by atoms with Gasteiger partial charge in [0.25, 0.3) is 0 Å². The summed E-state index contributed by atoms with van der Waals surface area (Å²) in [6, 6.07) is 2.22. The highest BCUT2D eigenvalue weighted by Crippen LogP contribution is 2.32. The third-order valence-corrected chi connectivity index (χ3v) is 2.15. The van der Waals surface area contributed by atoms with Gasteiger partial charge in [-0.3, -0.25) is 0 Å². The maximum absolute atomic E-state index is 12.3. The average Bonchev–Trinajstić information content (AvgIpc) is 2.01. The Morgan fingerprint density at radius 2 is 1.93 bits per heavy atom. The summed E-state index contributed by atoms with van der Waals surface area (Å²) >= 11 is 5.61. The predicted molar refractivity (Wildman–Crippen MR) is 49.2 cm³/mol. The first-order valence-electron chi connectivity index (χ1n) is 3.90. The smallest absolute Gasteiger partial charge is 0.316 e. The van der Waals surface area contributed by atoms with E-state index in [1.165, 1.54) is 18.2 Å². The first-order chi connectivity index (χ1) is 6.32. The third-order valence-electron chi connectivity index (χ3n) is 1.92. The van der Waals surface area contributed by atoms with Gasteiger partial charge in [0.05, 0.1) is 0 Å². The standard InChI is InChI=1S/C9H9ClF3N/c1-5-4-6(10)2-3-7(5)8(14)9(11,12)13/h2-4,8H,14H2,1H3/t8-/m0/s1. The van der Waals surface area contributed by atoms with Gasteiger partial charge >= 0.3 is 6.18 Å². The average molecular weight is 224 g/mol. The lowest BCUT2D eigenvalue weighted by molar-refractivity contribution is -0.149. The topological polar surface area (TPSA) is 26.0 Å². The first-order valence-corrected chi connectivity index (χ1v) is 4.28. The number of rotatable bonds is 1. The fraction of sp³-hybridized carbons (Fsp3) is 0.333. The highest BCUT2D eigenvalue weighted by Gasteiger charge is 2.38. The number of benzene rings is 1. The molecule has 0 radical (unpaired) electrons. The van der Waals surface area contributed by atoms with Crippen LogP contribution in [0.25, 0.3) is 0 Å². The van der Waals surface area contributed by atoms with Crippen LogP contribution in [0.4, 0.5) is 13.2 Å². The van der Waals surface area contributed by atoms with Crippen LogP contribution in [0.1, 0.15) is 17.2 Å². The molecule has 1 atom stereocenters. The summed E-state index contributed by atoms with van der Waals surface area (Å²) < 4.78 is 36.8. The summed E-state index contributed by atoms with van der Waals surface area (Å²) in [6.45, 7) is 1.55. The normalized spacial score (nSPS) is 14.1. The van der Waals surface area contributed by atoms with Crippen molar-refractivity contribution < 1.29 is 13.2 Å². The van der Waals surface area contributed by atoms with Crippen molar-refractivity contribution in [3.05, 3.63) is 34.3 Å². The van der Waals surface area contributed by atoms with Gasteiger partial charge in [-0.1, -0.05) is 17.7 Å². The summed E-state index contributed by atoms with van der Waals surface area (Å²) in [5, 5.41) is 0.403. The van der Waals surface area contributed by atoms with E-state index in [-0.39, 0.29) is 5.56 Å². The fourth-order valence-corrected chi connectivity index (χ4v) is 1.39. The summed E-state index contributed by atoms with van der Waals surface area (Å²) in [5.74, 6) is 0. The fourth-order valence-electron chi connectivity index (χ4n) is 1.16. The Morgan fingerprint density at radius 3 is 2.36 bits per heavy atom. The number of halogens is 4. The Hall–Kier alpha value is -0.740. The van der Waals surface area contributed by atoms with Crippen LogP contribution in [0.2, 0.25) is 5.02 Å². The van der Waals surface area contributed by atoms with E-state index in [9.17, 15) is 13.2 Å². The second-order valence-corrected chi connectivity index (χ2v) is 3.46. The number of hydrogen-bond donors (Lipinski definition) is 1. The predicted octanol–water partition coefficient (Wildman–Crippen LogP) is 3.21. The SMILES string of the molecule is Cc1cc(Cl)ccc1[C@H](N)C(F)(F)F. The van der Waals surface area contributed by atoms with Crippen LogP contribution in [0, 0.1) is 6.92 Å². The molecule has 14 heavy (non-hydrogen) atoms. The van der Waals surface area contributed by atoms with Crippen LogP contribution in [0.5, 0.6) is 0 Å². The van der Waals surface area contributed by atoms with E-state index in [1.807, 2.05) is 0 Å². The molecule has 0 fully saturated rings. The van der Waals surface area contributed by atoms with Crippen LogP contribution in [-0.4, -0.2) is 6.18 Å². The second-order valence-electron chi connectivity index (χ2n) is 3.02. The molecule has 0 bridgehead atoms. The Kier molecular flexibility index (Phi) is 3.07. The van der Waals surface area contributed by atoms with E-state index in [1.54, 1.807) is 6.92 Å². The maximum atomic E-state index is 12.3. The molecule has 1 aromatic carbocycles. The Labute approximate surface area is 84.7 Å². The molecule has 2 N–H and O–H groups in total. The van der Waals surface area contributed by atoms with Crippen molar-refractivity contribution in [1.82, 2.24) is 0 Å². The molecule has 0 saturated heterocycles. The van der Waals surface area contributed by atoms with Gasteiger partial charge in [0.2, 0.25) is 0 Å². The lowest BCUT2D eigenvalue weighted by atomic mass is 10.0. The van der Waals surface area contributed by atoms with Crippen molar-refractivity contribution >= 4 is 11.6 Å². The second kappa shape index (κ2) is 3.79. The minimum Gasteiger partial charge on any atom is -0.316 e. The molecule has 1 aromatic rings. The first kappa shape index (κ1) is 11.3. The summed E-state index contributed by atoms with van der Waals surface area (Å²) in [6.07, 6.45) is -4.42. The van der Waals surface area contributed by atoms with Crippen LogP contribution in [-0.2, 0) is 0 Å². The molecule has 0 saturated carbocycles. The van der Waals surface area contributed by atoms with Crippen molar-refractivity contribution in [3.8, 4) is 0 Å². The number of aryl methyl sites for hydroxylation is 1. The van der Waals surface area contributed by atoms with Gasteiger partial charge < -0.3 is 5.73 Å². The molecule has 0 aliphatic heterocycles. The number of nitrogens with two attached hydrogens (primary N) is 1. The van der Waals surface area contributed by atoms with E-state index in [0.29, 0.717) is 10.6 Å². The number of hydrogen-bond acceptors (Lipinski definition) is 1. The van der Waals surface area contributed by atoms with Crippen LogP contribution >= 0.6 is 11.6 Å². The molecule has 0 amide bonds. The highest BCUT2D eigenvalue weighted by molar-refractivity contribution is 6.30. The zero-order valence-corrected chi connectivity index (χ0v) is 8.15. The maximum Gasteiger partial charge on any atom is 0.407 e. The van der Waals surface area contributed by atoms with E-state index < -0.39 is 12.2 Å². The minimum absolute atomic E-state index is 0.0573. The molecular formula is C9H9ClF3N. The molecule has 78 valence electrons. The molecule has 0 heterocycles. The minimum atomic E-state index is -4.42. The summed E-state index contributed by atoms with van der Waals surface area (Å²) in [4.78, 5) is 0. The van der Waals surface area contributed by atoms with Crippen molar-refractivity contribution in [2.75, 3.05) is 0 Å². The number of alkyl halides is 3. The van der Waals surface area contributed by atoms with E-state index >= 15 is 0 Å². The lowest BCUT2D eigenvalue weighted by Gasteiger charge is -2.17. The Bertz CT molecular complexity index is 335. The third kappa shape index (κ3) is 2.39. The molecule has 5 heteroatoms. The summed E-state index contributed by atoms with van der Waals surface area (Å²) in [5.41, 5.74) is 5.56. The summed E-state index contributed by atoms with van der Waals surface area (Å²) in [7, 11) is 0. The van der Waals surface area contributed by atoms with E-state index in [4.69, 9.17) is 17.3 Å². The monoisotopic (exact) mass is 223 g/mol. The largest absolute Gasteiger partial charge is 0.407 e.